The first-order chi connectivity index (χ1) is 12.8. The second-order valence-electron chi connectivity index (χ2n) is 8.10. The molecule has 0 aliphatic heterocycles. The van der Waals surface area contributed by atoms with Crippen LogP contribution in [-0.4, -0.2) is 48.5 Å². The summed E-state index contributed by atoms with van der Waals surface area (Å²) in [5, 5.41) is 4.84. The van der Waals surface area contributed by atoms with Crippen molar-refractivity contribution in [1.82, 2.24) is 10.6 Å². The Hall–Kier alpha value is -2.32. The summed E-state index contributed by atoms with van der Waals surface area (Å²) in [6, 6.07) is 0. The van der Waals surface area contributed by atoms with Crippen LogP contribution < -0.4 is 10.6 Å². The molecule has 0 aromatic heterocycles. The van der Waals surface area contributed by atoms with E-state index in [1.165, 1.54) is 0 Å². The van der Waals surface area contributed by atoms with Crippen molar-refractivity contribution in [3.63, 3.8) is 0 Å². The van der Waals surface area contributed by atoms with Crippen molar-refractivity contribution in [3.8, 4) is 0 Å². The minimum atomic E-state index is -0.732. The largest absolute Gasteiger partial charge is 0.466 e. The van der Waals surface area contributed by atoms with Gasteiger partial charge in [-0.1, -0.05) is 6.42 Å². The van der Waals surface area contributed by atoms with Crippen LogP contribution in [-0.2, 0) is 19.0 Å². The molecule has 0 atom stereocenters. The average Bonchev–Trinajstić information content (AvgIpc) is 2.46. The molecule has 9 nitrogen and oxygen atoms in total. The number of esters is 1. The van der Waals surface area contributed by atoms with E-state index >= 15 is 0 Å². The van der Waals surface area contributed by atoms with Crippen molar-refractivity contribution in [2.24, 2.45) is 4.99 Å². The van der Waals surface area contributed by atoms with Gasteiger partial charge in [0.25, 0.3) is 0 Å². The number of amides is 2. The van der Waals surface area contributed by atoms with Crippen molar-refractivity contribution in [2.45, 2.75) is 85.4 Å². The van der Waals surface area contributed by atoms with Gasteiger partial charge in [-0.05, 0) is 61.3 Å². The van der Waals surface area contributed by atoms with E-state index in [4.69, 9.17) is 14.2 Å². The highest BCUT2D eigenvalue weighted by atomic mass is 16.6. The number of carbonyl (C=O) groups is 3. The summed E-state index contributed by atoms with van der Waals surface area (Å²) in [5.41, 5.74) is -1.37. The van der Waals surface area contributed by atoms with E-state index < -0.39 is 23.4 Å². The summed E-state index contributed by atoms with van der Waals surface area (Å²) < 4.78 is 15.2. The fraction of sp³-hybridized carbons (Fsp3) is 0.789. The van der Waals surface area contributed by atoms with E-state index in [1.54, 1.807) is 48.5 Å². The smallest absolute Gasteiger partial charge is 0.414 e. The van der Waals surface area contributed by atoms with E-state index in [2.05, 4.69) is 15.6 Å². The molecule has 0 saturated carbocycles. The van der Waals surface area contributed by atoms with Crippen LogP contribution in [0, 0.1) is 0 Å². The lowest BCUT2D eigenvalue weighted by atomic mass is 10.2. The summed E-state index contributed by atoms with van der Waals surface area (Å²) in [6.07, 6.45) is 1.01. The van der Waals surface area contributed by atoms with Gasteiger partial charge in [-0.25, -0.2) is 9.59 Å². The van der Waals surface area contributed by atoms with Gasteiger partial charge in [0.15, 0.2) is 0 Å². The number of hydrogen-bond donors (Lipinski definition) is 2. The molecule has 0 rings (SSSR count). The Kier molecular flexibility index (Phi) is 11.2. The Labute approximate surface area is 167 Å². The van der Waals surface area contributed by atoms with E-state index in [0.29, 0.717) is 32.4 Å². The summed E-state index contributed by atoms with van der Waals surface area (Å²) in [5.74, 6) is -0.265. The lowest BCUT2D eigenvalue weighted by Gasteiger charge is -2.22. The maximum absolute atomic E-state index is 11.9. The molecule has 162 valence electrons. The van der Waals surface area contributed by atoms with Crippen LogP contribution >= 0.6 is 0 Å². The molecule has 0 spiro atoms. The molecule has 0 fully saturated rings. The molecule has 0 aliphatic rings. The number of nitrogens with zero attached hydrogens (tertiary/aromatic N) is 1. The molecular formula is C19H35N3O6. The zero-order valence-electron chi connectivity index (χ0n) is 18.1. The minimum Gasteiger partial charge on any atom is -0.466 e. The van der Waals surface area contributed by atoms with Gasteiger partial charge in [0.2, 0.25) is 5.96 Å². The molecule has 2 amide bonds. The number of ether oxygens (including phenoxy) is 3. The molecule has 9 heteroatoms. The van der Waals surface area contributed by atoms with Crippen molar-refractivity contribution in [2.75, 3.05) is 13.2 Å². The summed E-state index contributed by atoms with van der Waals surface area (Å²) >= 11 is 0. The first-order valence-electron chi connectivity index (χ1n) is 9.52. The second-order valence-corrected chi connectivity index (χ2v) is 8.10. The SMILES string of the molecule is CCOC(=O)CCCCCN=C(NC(=O)OC(C)(C)C)NC(=O)OC(C)(C)C. The number of aliphatic imine (C=N–C) groups is 1. The first-order valence-corrected chi connectivity index (χ1v) is 9.52. The van der Waals surface area contributed by atoms with E-state index in [0.717, 1.165) is 6.42 Å². The molecule has 2 N–H and O–H groups in total. The molecule has 0 aromatic rings. The van der Waals surface area contributed by atoms with Crippen LogP contribution in [0.2, 0.25) is 0 Å². The molecule has 0 unspecified atom stereocenters. The molecule has 0 saturated heterocycles. The van der Waals surface area contributed by atoms with Crippen LogP contribution in [0.4, 0.5) is 9.59 Å². The van der Waals surface area contributed by atoms with Gasteiger partial charge in [-0.2, -0.15) is 0 Å². The summed E-state index contributed by atoms with van der Waals surface area (Å²) in [4.78, 5) is 39.4. The van der Waals surface area contributed by atoms with Crippen molar-refractivity contribution >= 4 is 24.1 Å². The third kappa shape index (κ3) is 15.9. The third-order valence-corrected chi connectivity index (χ3v) is 2.85. The van der Waals surface area contributed by atoms with Crippen LogP contribution in [0.5, 0.6) is 0 Å². The van der Waals surface area contributed by atoms with Crippen molar-refractivity contribution in [1.29, 1.82) is 0 Å². The lowest BCUT2D eigenvalue weighted by molar-refractivity contribution is -0.143. The number of nitrogens with one attached hydrogen (secondary N) is 2. The zero-order valence-corrected chi connectivity index (χ0v) is 18.1. The zero-order chi connectivity index (χ0) is 21.8. The van der Waals surface area contributed by atoms with E-state index in [1.807, 2.05) is 0 Å². The highest BCUT2D eigenvalue weighted by Gasteiger charge is 2.21. The predicted octanol–water partition coefficient (Wildman–Crippen LogP) is 3.52. The molecular weight excluding hydrogens is 366 g/mol. The maximum atomic E-state index is 11.9. The van der Waals surface area contributed by atoms with Crippen LogP contribution in [0.15, 0.2) is 4.99 Å². The second kappa shape index (κ2) is 12.2. The van der Waals surface area contributed by atoms with Gasteiger partial charge >= 0.3 is 18.2 Å². The molecule has 0 aliphatic carbocycles. The average molecular weight is 402 g/mol. The monoisotopic (exact) mass is 401 g/mol. The fourth-order valence-corrected chi connectivity index (χ4v) is 1.89. The fourth-order valence-electron chi connectivity index (χ4n) is 1.89. The predicted molar refractivity (Wildman–Crippen MR) is 106 cm³/mol. The van der Waals surface area contributed by atoms with Crippen molar-refractivity contribution in [3.05, 3.63) is 0 Å². The van der Waals surface area contributed by atoms with Gasteiger partial charge in [-0.15, -0.1) is 0 Å². The van der Waals surface area contributed by atoms with E-state index in [9.17, 15) is 14.4 Å². The molecule has 0 heterocycles. The van der Waals surface area contributed by atoms with Gasteiger partial charge in [0, 0.05) is 13.0 Å². The summed E-state index contributed by atoms with van der Waals surface area (Å²) in [6.45, 7) is 12.9. The Morgan fingerprint density at radius 1 is 0.821 bits per heavy atom. The molecule has 0 radical (unpaired) electrons. The Balaban J connectivity index is 4.65. The number of rotatable bonds is 7. The third-order valence-electron chi connectivity index (χ3n) is 2.85. The van der Waals surface area contributed by atoms with Crippen LogP contribution in [0.3, 0.4) is 0 Å². The summed E-state index contributed by atoms with van der Waals surface area (Å²) in [7, 11) is 0. The minimum absolute atomic E-state index is 0.0473. The maximum Gasteiger partial charge on any atom is 0.414 e. The number of unbranched alkanes of at least 4 members (excludes halogenated alkanes) is 2. The highest BCUT2D eigenvalue weighted by molar-refractivity contribution is 6.01. The molecule has 0 bridgehead atoms. The first kappa shape index (κ1) is 25.7. The Morgan fingerprint density at radius 3 is 1.75 bits per heavy atom. The number of guanidine groups is 1. The lowest BCUT2D eigenvalue weighted by Crippen LogP contribution is -2.47. The van der Waals surface area contributed by atoms with Gasteiger partial charge in [0.1, 0.15) is 11.2 Å². The molecule has 0 aromatic carbocycles. The number of hydrogen-bond acceptors (Lipinski definition) is 7. The Morgan fingerprint density at radius 2 is 1.32 bits per heavy atom. The van der Waals surface area contributed by atoms with Gasteiger partial charge < -0.3 is 14.2 Å². The van der Waals surface area contributed by atoms with Crippen LogP contribution in [0.1, 0.15) is 74.1 Å². The quantitative estimate of drug-likeness (QED) is 0.222. The van der Waals surface area contributed by atoms with Gasteiger partial charge in [0.05, 0.1) is 6.61 Å². The van der Waals surface area contributed by atoms with Crippen LogP contribution in [0.25, 0.3) is 0 Å². The number of alkyl carbamates (subject to hydrolysis) is 2. The van der Waals surface area contributed by atoms with E-state index in [-0.39, 0.29) is 11.9 Å². The number of carbonyl (C=O) groups excluding carboxylic acids is 3. The molecule has 28 heavy (non-hydrogen) atoms. The standard InChI is InChI=1S/C19H35N3O6/c1-8-26-14(23)12-10-9-11-13-20-15(21-16(24)27-18(2,3)4)22-17(25)28-19(5,6)7/h8-13H2,1-7H3,(H2,20,21,22,24,25). The topological polar surface area (TPSA) is 115 Å². The van der Waals surface area contributed by atoms with Gasteiger partial charge in [-0.3, -0.25) is 20.4 Å². The Bertz CT molecular complexity index is 515. The normalized spacial score (nSPS) is 11.2. The van der Waals surface area contributed by atoms with Crippen molar-refractivity contribution < 1.29 is 28.6 Å². The highest BCUT2D eigenvalue weighted by Crippen LogP contribution is 2.08.